The molecule has 0 saturated carbocycles. The van der Waals surface area contributed by atoms with Gasteiger partial charge in [0.25, 0.3) is 0 Å². The predicted molar refractivity (Wildman–Crippen MR) is 12.5 cm³/mol. The van der Waals surface area contributed by atoms with E-state index in [4.69, 9.17) is 5.11 Å². The van der Waals surface area contributed by atoms with Crippen LogP contribution in [0.5, 0.6) is 0 Å². The van der Waals surface area contributed by atoms with Crippen molar-refractivity contribution in [3.8, 4) is 0 Å². The zero-order valence-corrected chi connectivity index (χ0v) is 14.1. The summed E-state index contributed by atoms with van der Waals surface area (Å²) in [7, 11) is 0. The first kappa shape index (κ1) is 41.4. The van der Waals surface area contributed by atoms with Gasteiger partial charge in [0.2, 0.25) is 0 Å². The second-order valence-corrected chi connectivity index (χ2v) is 0.289. The predicted octanol–water partition coefficient (Wildman–Crippen LogP) is -12.8. The Morgan fingerprint density at radius 3 is 1.12 bits per heavy atom. The molecule has 0 aromatic rings. The first-order valence-corrected chi connectivity index (χ1v) is 0.996. The molecular weight excluding hydrogens is 252 g/mol. The molecule has 1 N–H and O–H groups in total. The molecule has 2 nitrogen and oxygen atoms in total. The molecule has 0 aliphatic rings. The molecule has 6 heteroatoms. The van der Waals surface area contributed by atoms with E-state index in [1.807, 2.05) is 0 Å². The van der Waals surface area contributed by atoms with Gasteiger partial charge in [-0.2, -0.15) is 0 Å². The largest absolute Gasteiger partial charge is 1.00 e. The van der Waals surface area contributed by atoms with Crippen LogP contribution in [-0.2, 0) is 0 Å². The molecule has 0 bridgehead atoms. The van der Waals surface area contributed by atoms with E-state index in [9.17, 15) is 0 Å². The fourth-order valence-corrected chi connectivity index (χ4v) is 0. The van der Waals surface area contributed by atoms with Gasteiger partial charge in [-0.25, -0.2) is 0 Å². The van der Waals surface area contributed by atoms with Gasteiger partial charge in [-0.15, -0.1) is 6.61 Å². The Balaban J connectivity index is -0.00000000200. The van der Waals surface area contributed by atoms with E-state index in [2.05, 4.69) is 0 Å². The summed E-state index contributed by atoms with van der Waals surface area (Å²) >= 11 is 0. The summed E-state index contributed by atoms with van der Waals surface area (Å²) in [6.45, 7) is 1.57. The van der Waals surface area contributed by atoms with Crippen molar-refractivity contribution in [2.75, 3.05) is 6.61 Å². The van der Waals surface area contributed by atoms with Crippen LogP contribution in [0.25, 0.3) is 0 Å². The van der Waals surface area contributed by atoms with Gasteiger partial charge in [-0.1, -0.05) is 6.92 Å². The minimum absolute atomic E-state index is 0. The molecule has 0 spiro atoms. The summed E-state index contributed by atoms with van der Waals surface area (Å²) in [5.74, 6) is 0. The maximum Gasteiger partial charge on any atom is 1.00 e. The summed E-state index contributed by atoms with van der Waals surface area (Å²) in [5, 5.41) is 8.93. The fraction of sp³-hybridized carbons (Fsp3) is 1.00. The van der Waals surface area contributed by atoms with Gasteiger partial charge >= 0.3 is 88.7 Å². The first-order valence-electron chi connectivity index (χ1n) is 0.996. The molecule has 0 unspecified atom stereocenters. The summed E-state index contributed by atoms with van der Waals surface area (Å²) in [6, 6.07) is 0. The summed E-state index contributed by atoms with van der Waals surface area (Å²) in [6.07, 6.45) is 0. The van der Waals surface area contributed by atoms with Crippen LogP contribution in [0, 0.1) is 0 Å². The molecule has 0 aliphatic heterocycles. The molecule has 0 aliphatic carbocycles. The van der Waals surface area contributed by atoms with Crippen LogP contribution in [0.4, 0.5) is 0 Å². The Bertz CT molecular complexity index is 15.2. The van der Waals surface area contributed by atoms with E-state index in [0.29, 0.717) is 0 Å². The zero-order valence-electron chi connectivity index (χ0n) is 5.94. The first-order chi connectivity index (χ1) is 1.41. The Hall–Kier alpha value is 3.65. The van der Waals surface area contributed by atoms with E-state index in [-0.39, 0.29) is 125 Å². The quantitative estimate of drug-likeness (QED) is 0.320. The van der Waals surface area contributed by atoms with Crippen molar-refractivity contribution in [2.24, 2.45) is 0 Å². The molecule has 0 saturated heterocycles. The number of hydrogen-bond donors (Lipinski definition) is 0. The smallest absolute Gasteiger partial charge is 1.00 e. The second-order valence-electron chi connectivity index (χ2n) is 0.289. The second kappa shape index (κ2) is 45.9. The van der Waals surface area contributed by atoms with Gasteiger partial charge in [-0.3, -0.25) is 0 Å². The maximum atomic E-state index is 8.93. The van der Waals surface area contributed by atoms with Crippen LogP contribution in [-0.4, -0.2) is 12.1 Å². The van der Waals surface area contributed by atoms with Crippen LogP contribution in [0.3, 0.4) is 0 Å². The summed E-state index contributed by atoms with van der Waals surface area (Å²) in [5.41, 5.74) is 0. The molecule has 0 fully saturated rings. The van der Waals surface area contributed by atoms with Crippen molar-refractivity contribution in [3.63, 3.8) is 0 Å². The SMILES string of the molecule is CC[O-].[I-].[Na+].[Na+].[Na+].[OH-]. The van der Waals surface area contributed by atoms with Crippen LogP contribution in [0.1, 0.15) is 6.92 Å². The molecule has 0 heterocycles. The van der Waals surface area contributed by atoms with Gasteiger partial charge in [0.15, 0.2) is 0 Å². The van der Waals surface area contributed by atoms with Crippen LogP contribution in [0.15, 0.2) is 0 Å². The van der Waals surface area contributed by atoms with Gasteiger partial charge < -0.3 is 34.6 Å². The third-order valence-corrected chi connectivity index (χ3v) is 0. The van der Waals surface area contributed by atoms with Crippen molar-refractivity contribution in [2.45, 2.75) is 6.92 Å². The van der Waals surface area contributed by atoms with Crippen molar-refractivity contribution >= 4 is 0 Å². The minimum Gasteiger partial charge on any atom is -1.00 e. The molecule has 0 aromatic carbocycles. The van der Waals surface area contributed by atoms with E-state index in [0.717, 1.165) is 0 Å². The van der Waals surface area contributed by atoms with Gasteiger partial charge in [0.1, 0.15) is 0 Å². The third-order valence-electron chi connectivity index (χ3n) is 0. The molecule has 0 radical (unpaired) electrons. The van der Waals surface area contributed by atoms with Crippen molar-refractivity contribution in [3.05, 3.63) is 0 Å². The van der Waals surface area contributed by atoms with Gasteiger partial charge in [-0.05, 0) is 0 Å². The van der Waals surface area contributed by atoms with Crippen molar-refractivity contribution < 1.29 is 123 Å². The Morgan fingerprint density at radius 1 is 1.12 bits per heavy atom. The average molecular weight is 258 g/mol. The molecular formula is C2H6INa3O2. The van der Waals surface area contributed by atoms with Crippen molar-refractivity contribution in [1.29, 1.82) is 0 Å². The van der Waals surface area contributed by atoms with E-state index < -0.39 is 0 Å². The van der Waals surface area contributed by atoms with Crippen LogP contribution >= 0.6 is 0 Å². The van der Waals surface area contributed by atoms with Gasteiger partial charge in [0.05, 0.1) is 0 Å². The summed E-state index contributed by atoms with van der Waals surface area (Å²) < 4.78 is 0. The van der Waals surface area contributed by atoms with Crippen LogP contribution in [0.2, 0.25) is 0 Å². The Labute approximate surface area is 134 Å². The Kier molecular flexibility index (Phi) is 237. The molecule has 0 amide bonds. The fourth-order valence-electron chi connectivity index (χ4n) is 0. The molecule has 0 atom stereocenters. The molecule has 8 heavy (non-hydrogen) atoms. The molecule has 0 rings (SSSR count). The van der Waals surface area contributed by atoms with E-state index in [1.165, 1.54) is 0 Å². The number of halogens is 1. The van der Waals surface area contributed by atoms with E-state index in [1.54, 1.807) is 6.92 Å². The third kappa shape index (κ3) is 54.2. The Morgan fingerprint density at radius 2 is 1.12 bits per heavy atom. The van der Waals surface area contributed by atoms with Crippen LogP contribution < -0.4 is 118 Å². The number of rotatable bonds is 0. The average Bonchev–Trinajstić information content (AvgIpc) is 0.918. The maximum absolute atomic E-state index is 8.93. The standard InChI is InChI=1S/C2H5O.HI.3Na.H2O/c1-2-3;;;;;/h2H2,1H3;1H;;;;1H2/q-1;;3*+1;/p-2. The van der Waals surface area contributed by atoms with Crippen molar-refractivity contribution in [1.82, 2.24) is 0 Å². The monoisotopic (exact) mass is 258 g/mol. The summed E-state index contributed by atoms with van der Waals surface area (Å²) in [4.78, 5) is 0. The van der Waals surface area contributed by atoms with E-state index >= 15 is 0 Å². The molecule has 0 aromatic heterocycles. The number of hydrogen-bond acceptors (Lipinski definition) is 2. The topological polar surface area (TPSA) is 53.1 Å². The van der Waals surface area contributed by atoms with Gasteiger partial charge in [0, 0.05) is 0 Å². The molecule has 36 valence electrons. The zero-order chi connectivity index (χ0) is 2.71. The minimum atomic E-state index is 0. The normalized spacial score (nSPS) is 2.25.